The summed E-state index contributed by atoms with van der Waals surface area (Å²) in [6.07, 6.45) is -4.84. The Bertz CT molecular complexity index is 1190. The van der Waals surface area contributed by atoms with E-state index in [1.807, 2.05) is 0 Å². The van der Waals surface area contributed by atoms with Crippen LogP contribution in [0.2, 0.25) is 5.02 Å². The molecule has 0 aliphatic carbocycles. The summed E-state index contributed by atoms with van der Waals surface area (Å²) in [6.45, 7) is -1.53. The van der Waals surface area contributed by atoms with E-state index in [1.54, 1.807) is 0 Å². The number of aromatic amines is 1. The number of hydrogen-bond acceptors (Lipinski definition) is 9. The predicted octanol–water partition coefficient (Wildman–Crippen LogP) is 2.35. The first-order valence-electron chi connectivity index (χ1n) is 8.62. The second kappa shape index (κ2) is 8.01. The first-order valence-corrected chi connectivity index (χ1v) is 10.9. The van der Waals surface area contributed by atoms with Crippen molar-refractivity contribution in [3.8, 4) is 5.75 Å². The first kappa shape index (κ1) is 22.5. The average molecular weight is 499 g/mol. The van der Waals surface area contributed by atoms with E-state index in [0.29, 0.717) is 4.57 Å². The summed E-state index contributed by atoms with van der Waals surface area (Å²) < 4.78 is 61.8. The van der Waals surface area contributed by atoms with Crippen LogP contribution in [0.1, 0.15) is 11.8 Å². The Kier molecular flexibility index (Phi) is 5.82. The van der Waals surface area contributed by atoms with Crippen LogP contribution in [0.15, 0.2) is 29.2 Å². The molecule has 2 aromatic rings. The lowest BCUT2D eigenvalue weighted by molar-refractivity contribution is -0.205. The Labute approximate surface area is 182 Å². The number of nitrogens with zero attached hydrogens (tertiary/aromatic N) is 1. The number of phosphoric acid groups is 1. The number of ether oxygens (including phenoxy) is 1. The molecule has 0 radical (unpaired) electrons. The Balaban J connectivity index is 1.52. The maximum absolute atomic E-state index is 15.3. The zero-order chi connectivity index (χ0) is 22.6. The molecule has 3 N–H and O–H groups in total. The second-order valence-corrected chi connectivity index (χ2v) is 9.12. The zero-order valence-electron chi connectivity index (χ0n) is 15.2. The monoisotopic (exact) mass is 498 g/mol. The molecule has 3 heterocycles. The number of halogens is 3. The molecular formula is C16H14ClF2N2O8PS. The molecule has 10 nitrogen and oxygen atoms in total. The van der Waals surface area contributed by atoms with Crippen molar-refractivity contribution in [2.45, 2.75) is 30.9 Å². The number of benzene rings is 1. The van der Waals surface area contributed by atoms with Gasteiger partial charge < -0.3 is 19.5 Å². The number of aliphatic hydroxyl groups is 2. The van der Waals surface area contributed by atoms with E-state index < -0.39 is 50.2 Å². The van der Waals surface area contributed by atoms with Crippen molar-refractivity contribution in [2.24, 2.45) is 0 Å². The lowest BCUT2D eigenvalue weighted by Crippen LogP contribution is -2.43. The average Bonchev–Trinajstić information content (AvgIpc) is 2.94. The Hall–Kier alpha value is -1.70. The molecular weight excluding hydrogens is 485 g/mol. The largest absolute Gasteiger partial charge is 0.530 e. The minimum absolute atomic E-state index is 0.00965. The fraction of sp³-hybridized carbons (Fsp3) is 0.375. The van der Waals surface area contributed by atoms with Crippen LogP contribution in [-0.4, -0.2) is 44.4 Å². The fourth-order valence-corrected chi connectivity index (χ4v) is 4.54. The number of fused-ring (bicyclic) bond motifs is 1. The summed E-state index contributed by atoms with van der Waals surface area (Å²) in [5, 5.41) is 20.3. The molecule has 0 amide bonds. The molecule has 2 aliphatic heterocycles. The van der Waals surface area contributed by atoms with E-state index in [4.69, 9.17) is 42.1 Å². The number of rotatable bonds is 4. The standard InChI is InChI=1S/C16H14ClF2N2O8PS/c17-9-4-21(15(24)20-13(9)31)14-11(22)12(23)16(19,28-14)6-27-30(25)26-5-7-3-8(18)1-2-10(7)29-30/h1-4,11-12,14,22-23H,5-6H2,(H,20,24,31)/t11-,12+,14-,16-,30?/m1/s1. The summed E-state index contributed by atoms with van der Waals surface area (Å²) in [5.74, 6) is -3.66. The van der Waals surface area contributed by atoms with Gasteiger partial charge in [-0.25, -0.2) is 18.1 Å². The van der Waals surface area contributed by atoms with Crippen LogP contribution in [0.25, 0.3) is 0 Å². The third-order valence-corrected chi connectivity index (χ3v) is 6.63. The quantitative estimate of drug-likeness (QED) is 0.429. The third kappa shape index (κ3) is 4.20. The van der Waals surface area contributed by atoms with Gasteiger partial charge in [0, 0.05) is 11.8 Å². The van der Waals surface area contributed by atoms with Gasteiger partial charge in [-0.15, -0.1) is 0 Å². The SMILES string of the molecule is O=c1[nH]c(=S)c(Cl)cn1[C@@H]1O[C@](F)(COP2(=O)OCc3cc(F)ccc3O2)[C@@H](O)[C@H]1O. The van der Waals surface area contributed by atoms with Crippen molar-refractivity contribution < 1.29 is 41.9 Å². The summed E-state index contributed by atoms with van der Waals surface area (Å²) in [6, 6.07) is 3.36. The number of phosphoric ester groups is 1. The molecule has 1 aromatic heterocycles. The molecule has 4 rings (SSSR count). The van der Waals surface area contributed by atoms with Gasteiger partial charge in [0.25, 0.3) is 5.85 Å². The molecule has 1 fully saturated rings. The lowest BCUT2D eigenvalue weighted by atomic mass is 10.1. The van der Waals surface area contributed by atoms with E-state index in [2.05, 4.69) is 4.98 Å². The minimum atomic E-state index is -4.36. The highest BCUT2D eigenvalue weighted by Gasteiger charge is 2.57. The molecule has 0 bridgehead atoms. The van der Waals surface area contributed by atoms with Gasteiger partial charge in [-0.2, -0.15) is 0 Å². The molecule has 168 valence electrons. The van der Waals surface area contributed by atoms with Crippen LogP contribution >= 0.6 is 31.6 Å². The van der Waals surface area contributed by atoms with Gasteiger partial charge >= 0.3 is 13.5 Å². The van der Waals surface area contributed by atoms with Crippen LogP contribution in [-0.2, 0) is 25.0 Å². The van der Waals surface area contributed by atoms with Crippen molar-refractivity contribution >= 4 is 31.6 Å². The van der Waals surface area contributed by atoms with E-state index >= 15 is 4.39 Å². The number of nitrogens with one attached hydrogen (secondary N) is 1. The van der Waals surface area contributed by atoms with Crippen molar-refractivity contribution in [1.29, 1.82) is 0 Å². The molecule has 1 saturated heterocycles. The normalized spacial score (nSPS) is 32.5. The van der Waals surface area contributed by atoms with Crippen LogP contribution in [0.4, 0.5) is 8.78 Å². The highest BCUT2D eigenvalue weighted by atomic mass is 35.5. The highest BCUT2D eigenvalue weighted by Crippen LogP contribution is 2.55. The summed E-state index contributed by atoms with van der Waals surface area (Å²) in [7, 11) is -4.36. The predicted molar refractivity (Wildman–Crippen MR) is 102 cm³/mol. The number of hydrogen-bond donors (Lipinski definition) is 3. The molecule has 2 aliphatic rings. The molecule has 1 unspecified atom stereocenters. The van der Waals surface area contributed by atoms with E-state index in [1.165, 1.54) is 6.07 Å². The number of H-pyrrole nitrogens is 1. The Morgan fingerprint density at radius 2 is 2.19 bits per heavy atom. The number of aliphatic hydroxyl groups excluding tert-OH is 2. The smallest absolute Gasteiger partial charge is 0.404 e. The Morgan fingerprint density at radius 3 is 2.94 bits per heavy atom. The van der Waals surface area contributed by atoms with Gasteiger partial charge in [0.15, 0.2) is 6.23 Å². The van der Waals surface area contributed by atoms with Gasteiger partial charge in [0.05, 0.1) is 11.6 Å². The molecule has 31 heavy (non-hydrogen) atoms. The van der Waals surface area contributed by atoms with Gasteiger partial charge in [-0.3, -0.25) is 18.6 Å². The van der Waals surface area contributed by atoms with Crippen molar-refractivity contribution in [1.82, 2.24) is 9.55 Å². The topological polar surface area (TPSA) is 132 Å². The van der Waals surface area contributed by atoms with E-state index in [9.17, 15) is 24.0 Å². The maximum Gasteiger partial charge on any atom is 0.530 e. The van der Waals surface area contributed by atoms with E-state index in [-0.39, 0.29) is 27.6 Å². The van der Waals surface area contributed by atoms with Crippen LogP contribution in [0, 0.1) is 10.5 Å². The summed E-state index contributed by atoms with van der Waals surface area (Å²) >= 11 is 10.7. The van der Waals surface area contributed by atoms with Crippen molar-refractivity contribution in [2.75, 3.05) is 6.61 Å². The van der Waals surface area contributed by atoms with Gasteiger partial charge in [0.2, 0.25) is 0 Å². The first-order chi connectivity index (χ1) is 14.5. The fourth-order valence-electron chi connectivity index (χ4n) is 3.02. The summed E-state index contributed by atoms with van der Waals surface area (Å²) in [5.41, 5.74) is -0.623. The molecule has 1 aromatic carbocycles. The van der Waals surface area contributed by atoms with Crippen LogP contribution in [0.5, 0.6) is 5.75 Å². The van der Waals surface area contributed by atoms with E-state index in [0.717, 1.165) is 18.3 Å². The van der Waals surface area contributed by atoms with Gasteiger partial charge in [0.1, 0.15) is 35.0 Å². The van der Waals surface area contributed by atoms with Crippen LogP contribution in [0.3, 0.4) is 0 Å². The van der Waals surface area contributed by atoms with Gasteiger partial charge in [-0.1, -0.05) is 23.8 Å². The molecule has 0 spiro atoms. The van der Waals surface area contributed by atoms with Gasteiger partial charge in [-0.05, 0) is 18.2 Å². The maximum atomic E-state index is 15.3. The molecule has 15 heteroatoms. The highest BCUT2D eigenvalue weighted by molar-refractivity contribution is 7.71. The zero-order valence-corrected chi connectivity index (χ0v) is 17.7. The summed E-state index contributed by atoms with van der Waals surface area (Å²) in [4.78, 5) is 14.3. The molecule has 0 saturated carbocycles. The van der Waals surface area contributed by atoms with Crippen molar-refractivity contribution in [3.05, 3.63) is 55.9 Å². The number of aromatic nitrogens is 2. The third-order valence-electron chi connectivity index (χ3n) is 4.60. The van der Waals surface area contributed by atoms with Crippen LogP contribution < -0.4 is 10.2 Å². The molecule has 5 atom stereocenters. The lowest BCUT2D eigenvalue weighted by Gasteiger charge is -2.28. The minimum Gasteiger partial charge on any atom is -0.404 e. The Morgan fingerprint density at radius 1 is 1.45 bits per heavy atom. The second-order valence-electron chi connectivity index (χ2n) is 6.71. The number of alkyl halides is 1. The van der Waals surface area contributed by atoms with Crippen molar-refractivity contribution in [3.63, 3.8) is 0 Å².